The van der Waals surface area contributed by atoms with Crippen LogP contribution in [0.15, 0.2) is 36.4 Å². The van der Waals surface area contributed by atoms with Crippen LogP contribution in [0, 0.1) is 11.3 Å². The highest BCUT2D eigenvalue weighted by Gasteiger charge is 2.24. The molecular formula is C18H14ClN3. The Morgan fingerprint density at radius 3 is 2.68 bits per heavy atom. The van der Waals surface area contributed by atoms with Gasteiger partial charge in [-0.2, -0.15) is 5.26 Å². The molecule has 1 unspecified atom stereocenters. The van der Waals surface area contributed by atoms with Gasteiger partial charge in [0.05, 0.1) is 22.2 Å². The first-order valence-electron chi connectivity index (χ1n) is 7.28. The predicted octanol–water partition coefficient (Wildman–Crippen LogP) is 4.31. The fourth-order valence-corrected chi connectivity index (χ4v) is 3.54. The van der Waals surface area contributed by atoms with Crippen molar-refractivity contribution in [2.24, 2.45) is 5.73 Å². The molecular weight excluding hydrogens is 294 g/mol. The van der Waals surface area contributed by atoms with Crippen LogP contribution in [-0.2, 0) is 6.42 Å². The van der Waals surface area contributed by atoms with E-state index in [1.807, 2.05) is 36.4 Å². The number of nitriles is 1. The monoisotopic (exact) mass is 307 g/mol. The van der Waals surface area contributed by atoms with Gasteiger partial charge < -0.3 is 10.7 Å². The molecule has 1 aliphatic carbocycles. The molecule has 4 heteroatoms. The number of halogens is 1. The molecule has 0 saturated heterocycles. The lowest BCUT2D eigenvalue weighted by atomic mass is 9.87. The first-order valence-corrected chi connectivity index (χ1v) is 7.66. The molecule has 0 spiro atoms. The van der Waals surface area contributed by atoms with Crippen molar-refractivity contribution in [1.82, 2.24) is 4.98 Å². The summed E-state index contributed by atoms with van der Waals surface area (Å²) in [5, 5.41) is 10.8. The van der Waals surface area contributed by atoms with Crippen LogP contribution in [0.2, 0.25) is 5.02 Å². The Hall–Kier alpha value is -2.28. The van der Waals surface area contributed by atoms with Crippen molar-refractivity contribution in [1.29, 1.82) is 5.26 Å². The number of H-pyrrole nitrogens is 1. The van der Waals surface area contributed by atoms with E-state index in [0.717, 1.165) is 35.2 Å². The third-order valence-electron chi connectivity index (χ3n) is 4.45. The number of hydrogen-bond donors (Lipinski definition) is 2. The fraction of sp³-hybridized carbons (Fsp3) is 0.167. The molecule has 1 aromatic heterocycles. The molecule has 0 aliphatic heterocycles. The van der Waals surface area contributed by atoms with Gasteiger partial charge in [-0.25, -0.2) is 0 Å². The largest absolute Gasteiger partial charge is 0.353 e. The van der Waals surface area contributed by atoms with Gasteiger partial charge in [0.15, 0.2) is 0 Å². The molecule has 22 heavy (non-hydrogen) atoms. The minimum atomic E-state index is 0.0666. The Labute approximate surface area is 133 Å². The number of hydrogen-bond acceptors (Lipinski definition) is 2. The lowest BCUT2D eigenvalue weighted by molar-refractivity contribution is 0.644. The normalized spacial score (nSPS) is 16.7. The highest BCUT2D eigenvalue weighted by molar-refractivity contribution is 6.35. The van der Waals surface area contributed by atoms with Crippen LogP contribution in [0.5, 0.6) is 0 Å². The van der Waals surface area contributed by atoms with Crippen molar-refractivity contribution in [3.8, 4) is 17.3 Å². The molecule has 1 heterocycles. The number of rotatable bonds is 1. The van der Waals surface area contributed by atoms with E-state index in [0.29, 0.717) is 10.6 Å². The number of nitrogens with one attached hydrogen (secondary N) is 1. The second-order valence-corrected chi connectivity index (χ2v) is 6.11. The van der Waals surface area contributed by atoms with Crippen LogP contribution >= 0.6 is 11.6 Å². The summed E-state index contributed by atoms with van der Waals surface area (Å²) < 4.78 is 0. The van der Waals surface area contributed by atoms with E-state index in [1.165, 1.54) is 10.9 Å². The summed E-state index contributed by atoms with van der Waals surface area (Å²) in [7, 11) is 0. The number of aryl methyl sites for hydroxylation is 1. The lowest BCUT2D eigenvalue weighted by Gasteiger charge is -2.20. The van der Waals surface area contributed by atoms with E-state index in [9.17, 15) is 0 Å². The van der Waals surface area contributed by atoms with Crippen molar-refractivity contribution in [3.05, 3.63) is 58.1 Å². The molecule has 4 rings (SSSR count). The second kappa shape index (κ2) is 4.88. The Kier molecular flexibility index (Phi) is 2.97. The van der Waals surface area contributed by atoms with Gasteiger partial charge >= 0.3 is 0 Å². The highest BCUT2D eigenvalue weighted by atomic mass is 35.5. The molecule has 0 saturated carbocycles. The standard InChI is InChI=1S/C18H14ClN3/c19-14-7-5-12-15(21)8-6-13-16(12)18(14)22-17(13)11-3-1-10(9-20)2-4-11/h1-5,7,15,22H,6,8,21H2. The Bertz CT molecular complexity index is 916. The molecule has 0 bridgehead atoms. The summed E-state index contributed by atoms with van der Waals surface area (Å²) in [6.07, 6.45) is 1.87. The number of aromatic amines is 1. The van der Waals surface area contributed by atoms with E-state index in [2.05, 4.69) is 11.1 Å². The van der Waals surface area contributed by atoms with Crippen molar-refractivity contribution in [2.45, 2.75) is 18.9 Å². The van der Waals surface area contributed by atoms with Gasteiger partial charge in [0.25, 0.3) is 0 Å². The zero-order chi connectivity index (χ0) is 15.3. The average Bonchev–Trinajstić information content (AvgIpc) is 2.94. The van der Waals surface area contributed by atoms with E-state index >= 15 is 0 Å². The minimum Gasteiger partial charge on any atom is -0.353 e. The van der Waals surface area contributed by atoms with E-state index in [4.69, 9.17) is 22.6 Å². The molecule has 3 nitrogen and oxygen atoms in total. The Balaban J connectivity index is 2.00. The third kappa shape index (κ3) is 1.85. The van der Waals surface area contributed by atoms with Crippen LogP contribution in [0.4, 0.5) is 0 Å². The smallest absolute Gasteiger partial charge is 0.0991 e. The van der Waals surface area contributed by atoms with Gasteiger partial charge in [-0.3, -0.25) is 0 Å². The number of aromatic nitrogens is 1. The summed E-state index contributed by atoms with van der Waals surface area (Å²) in [6, 6.07) is 13.8. The van der Waals surface area contributed by atoms with E-state index in [1.54, 1.807) is 0 Å². The summed E-state index contributed by atoms with van der Waals surface area (Å²) in [6.45, 7) is 0. The molecule has 0 amide bonds. The summed E-state index contributed by atoms with van der Waals surface area (Å²) in [5.41, 5.74) is 12.5. The van der Waals surface area contributed by atoms with Crippen LogP contribution in [-0.4, -0.2) is 4.98 Å². The van der Waals surface area contributed by atoms with Gasteiger partial charge in [-0.15, -0.1) is 0 Å². The first-order chi connectivity index (χ1) is 10.7. The topological polar surface area (TPSA) is 65.6 Å². The summed E-state index contributed by atoms with van der Waals surface area (Å²) in [5.74, 6) is 0. The van der Waals surface area contributed by atoms with Crippen molar-refractivity contribution < 1.29 is 0 Å². The van der Waals surface area contributed by atoms with Gasteiger partial charge in [0.1, 0.15) is 0 Å². The van der Waals surface area contributed by atoms with Crippen molar-refractivity contribution in [2.75, 3.05) is 0 Å². The van der Waals surface area contributed by atoms with E-state index in [-0.39, 0.29) is 6.04 Å². The van der Waals surface area contributed by atoms with Crippen molar-refractivity contribution in [3.63, 3.8) is 0 Å². The predicted molar refractivity (Wildman–Crippen MR) is 88.7 cm³/mol. The zero-order valence-corrected chi connectivity index (χ0v) is 12.6. The number of benzene rings is 2. The summed E-state index contributed by atoms with van der Waals surface area (Å²) >= 11 is 6.36. The number of nitrogens with two attached hydrogens (primary N) is 1. The van der Waals surface area contributed by atoms with Gasteiger partial charge in [-0.1, -0.05) is 29.8 Å². The molecule has 3 N–H and O–H groups in total. The molecule has 3 aromatic rings. The molecule has 1 aliphatic rings. The Morgan fingerprint density at radius 2 is 1.95 bits per heavy atom. The SMILES string of the molecule is N#Cc1ccc(-c2[nH]c3c(Cl)ccc4c3c2CCC4N)cc1. The molecule has 108 valence electrons. The van der Waals surface area contributed by atoms with Crippen LogP contribution < -0.4 is 5.73 Å². The maximum absolute atomic E-state index is 8.94. The second-order valence-electron chi connectivity index (χ2n) is 5.70. The van der Waals surface area contributed by atoms with Gasteiger partial charge in [0, 0.05) is 17.1 Å². The maximum atomic E-state index is 8.94. The van der Waals surface area contributed by atoms with Gasteiger partial charge in [0.2, 0.25) is 0 Å². The fourth-order valence-electron chi connectivity index (χ4n) is 3.34. The van der Waals surface area contributed by atoms with Crippen LogP contribution in [0.25, 0.3) is 22.2 Å². The highest BCUT2D eigenvalue weighted by Crippen LogP contribution is 2.42. The molecule has 2 aromatic carbocycles. The van der Waals surface area contributed by atoms with Crippen LogP contribution in [0.3, 0.4) is 0 Å². The maximum Gasteiger partial charge on any atom is 0.0991 e. The lowest BCUT2D eigenvalue weighted by Crippen LogP contribution is -2.15. The van der Waals surface area contributed by atoms with E-state index < -0.39 is 0 Å². The van der Waals surface area contributed by atoms with Crippen molar-refractivity contribution >= 4 is 22.5 Å². The first kappa shape index (κ1) is 13.4. The zero-order valence-electron chi connectivity index (χ0n) is 11.9. The molecule has 1 atom stereocenters. The molecule has 0 radical (unpaired) electrons. The average molecular weight is 308 g/mol. The Morgan fingerprint density at radius 1 is 1.18 bits per heavy atom. The number of nitrogens with zero attached hydrogens (tertiary/aromatic N) is 1. The minimum absolute atomic E-state index is 0.0666. The quantitative estimate of drug-likeness (QED) is 0.703. The molecule has 0 fully saturated rings. The third-order valence-corrected chi connectivity index (χ3v) is 4.76. The van der Waals surface area contributed by atoms with Crippen LogP contribution in [0.1, 0.15) is 29.2 Å². The summed E-state index contributed by atoms with van der Waals surface area (Å²) in [4.78, 5) is 3.47. The van der Waals surface area contributed by atoms with Gasteiger partial charge in [-0.05, 0) is 47.7 Å².